The second-order valence-electron chi connectivity index (χ2n) is 2.15. The molecular formula is C8HF4N. The van der Waals surface area contributed by atoms with Gasteiger partial charge in [-0.1, -0.05) is 5.73 Å². The highest BCUT2D eigenvalue weighted by Crippen LogP contribution is 2.29. The van der Waals surface area contributed by atoms with Crippen molar-refractivity contribution in [3.63, 3.8) is 0 Å². The Kier molecular flexibility index (Phi) is 2.12. The van der Waals surface area contributed by atoms with E-state index in [1.165, 1.54) is 6.07 Å². The first kappa shape index (κ1) is 9.34. The van der Waals surface area contributed by atoms with Crippen LogP contribution in [0.15, 0.2) is 34.5 Å². The molecule has 0 aliphatic heterocycles. The fourth-order valence-corrected chi connectivity index (χ4v) is 0.667. The first-order chi connectivity index (χ1) is 5.95. The SMILES string of the molecule is N#CC1=CC(C(F)(F)F)=C=C=C1F. The molecule has 0 amide bonds. The number of nitrogens with zero attached hydrogens (tertiary/aromatic N) is 1. The fourth-order valence-electron chi connectivity index (χ4n) is 0.667. The van der Waals surface area contributed by atoms with Crippen LogP contribution in [0.2, 0.25) is 0 Å². The van der Waals surface area contributed by atoms with Crippen LogP contribution in [0, 0.1) is 11.3 Å². The summed E-state index contributed by atoms with van der Waals surface area (Å²) in [4.78, 5) is 0. The quantitative estimate of drug-likeness (QED) is 0.422. The van der Waals surface area contributed by atoms with Gasteiger partial charge in [-0.2, -0.15) is 22.8 Å². The van der Waals surface area contributed by atoms with E-state index in [1.54, 1.807) is 11.5 Å². The molecule has 0 aromatic heterocycles. The Balaban J connectivity index is 3.28. The molecule has 66 valence electrons. The molecule has 0 spiro atoms. The van der Waals surface area contributed by atoms with Crippen molar-refractivity contribution in [1.29, 1.82) is 5.26 Å². The largest absolute Gasteiger partial charge is 0.424 e. The van der Waals surface area contributed by atoms with Crippen LogP contribution in [0.5, 0.6) is 0 Å². The predicted molar refractivity (Wildman–Crippen MR) is 34.9 cm³/mol. The molecule has 0 aromatic carbocycles. The van der Waals surface area contributed by atoms with Gasteiger partial charge in [0.25, 0.3) is 0 Å². The van der Waals surface area contributed by atoms with Crippen LogP contribution in [0.25, 0.3) is 0 Å². The van der Waals surface area contributed by atoms with Crippen molar-refractivity contribution in [2.75, 3.05) is 0 Å². The highest BCUT2D eigenvalue weighted by Gasteiger charge is 2.33. The van der Waals surface area contributed by atoms with E-state index >= 15 is 0 Å². The molecule has 0 atom stereocenters. The molecule has 0 radical (unpaired) electrons. The van der Waals surface area contributed by atoms with Gasteiger partial charge in [-0.25, -0.2) is 0 Å². The maximum absolute atomic E-state index is 12.5. The van der Waals surface area contributed by atoms with Gasteiger partial charge in [-0.05, 0) is 11.8 Å². The summed E-state index contributed by atoms with van der Waals surface area (Å²) >= 11 is 0. The minimum atomic E-state index is -4.63. The van der Waals surface area contributed by atoms with Gasteiger partial charge in [0, 0.05) is 0 Å². The number of nitriles is 1. The minimum Gasteiger partial charge on any atom is -0.196 e. The van der Waals surface area contributed by atoms with Gasteiger partial charge in [-0.3, -0.25) is 0 Å². The molecule has 0 heterocycles. The lowest BCUT2D eigenvalue weighted by atomic mass is 10.1. The smallest absolute Gasteiger partial charge is 0.196 e. The molecule has 5 heteroatoms. The molecule has 1 aliphatic carbocycles. The Bertz CT molecular complexity index is 406. The number of rotatable bonds is 0. The van der Waals surface area contributed by atoms with E-state index < -0.39 is 23.1 Å². The van der Waals surface area contributed by atoms with Crippen LogP contribution >= 0.6 is 0 Å². The average Bonchev–Trinajstić information content (AvgIpc) is 2.03. The second kappa shape index (κ2) is 2.95. The van der Waals surface area contributed by atoms with Gasteiger partial charge in [0.15, 0.2) is 5.83 Å². The standard InChI is InChI=1S/C8HF4N/c9-7-2-1-6(8(10,11)12)3-5(7)4-13/h3H. The predicted octanol–water partition coefficient (Wildman–Crippen LogP) is 2.55. The van der Waals surface area contributed by atoms with E-state index in [9.17, 15) is 17.6 Å². The summed E-state index contributed by atoms with van der Waals surface area (Å²) in [6.07, 6.45) is -4.23. The Morgan fingerprint density at radius 3 is 2.38 bits per heavy atom. The highest BCUT2D eigenvalue weighted by molar-refractivity contribution is 5.46. The molecule has 0 N–H and O–H groups in total. The van der Waals surface area contributed by atoms with Gasteiger partial charge in [0.1, 0.15) is 11.6 Å². The van der Waals surface area contributed by atoms with Crippen LogP contribution in [0.3, 0.4) is 0 Å². The molecule has 13 heavy (non-hydrogen) atoms. The summed E-state index contributed by atoms with van der Waals surface area (Å²) in [7, 11) is 0. The summed E-state index contributed by atoms with van der Waals surface area (Å²) in [5.41, 5.74) is 1.27. The Morgan fingerprint density at radius 1 is 1.31 bits per heavy atom. The summed E-state index contributed by atoms with van der Waals surface area (Å²) in [5.74, 6) is -1.13. The topological polar surface area (TPSA) is 23.8 Å². The molecule has 0 fully saturated rings. The molecule has 1 nitrogen and oxygen atoms in total. The summed E-state index contributed by atoms with van der Waals surface area (Å²) < 4.78 is 48.3. The van der Waals surface area contributed by atoms with Crippen molar-refractivity contribution in [1.82, 2.24) is 0 Å². The molecule has 0 bridgehead atoms. The molecule has 1 rings (SSSR count). The van der Waals surface area contributed by atoms with Crippen molar-refractivity contribution in [2.45, 2.75) is 6.18 Å². The molecule has 0 unspecified atom stereocenters. The van der Waals surface area contributed by atoms with Gasteiger partial charge < -0.3 is 0 Å². The number of halogens is 4. The third-order valence-corrected chi connectivity index (χ3v) is 1.26. The second-order valence-corrected chi connectivity index (χ2v) is 2.15. The summed E-state index contributed by atoms with van der Waals surface area (Å²) in [6, 6.07) is 1.28. The molecule has 0 aromatic rings. The van der Waals surface area contributed by atoms with E-state index in [2.05, 4.69) is 0 Å². The van der Waals surface area contributed by atoms with Crippen molar-refractivity contribution < 1.29 is 17.6 Å². The highest BCUT2D eigenvalue weighted by atomic mass is 19.4. The number of alkyl halides is 3. The first-order valence-electron chi connectivity index (χ1n) is 3.06. The fraction of sp³-hybridized carbons (Fsp3) is 0.125. The summed E-state index contributed by atoms with van der Waals surface area (Å²) in [6.45, 7) is 0. The zero-order valence-corrected chi connectivity index (χ0v) is 6.04. The first-order valence-corrected chi connectivity index (χ1v) is 3.06. The van der Waals surface area contributed by atoms with Crippen LogP contribution < -0.4 is 0 Å². The molecule has 0 saturated carbocycles. The van der Waals surface area contributed by atoms with Crippen LogP contribution in [-0.2, 0) is 0 Å². The molecule has 1 aliphatic rings. The van der Waals surface area contributed by atoms with E-state index in [1.807, 2.05) is 0 Å². The molecular weight excluding hydrogens is 186 g/mol. The van der Waals surface area contributed by atoms with Crippen molar-refractivity contribution in [3.8, 4) is 6.07 Å². The lowest BCUT2D eigenvalue weighted by Gasteiger charge is -2.05. The average molecular weight is 187 g/mol. The third-order valence-electron chi connectivity index (χ3n) is 1.26. The van der Waals surface area contributed by atoms with E-state index in [0.717, 1.165) is 0 Å². The maximum atomic E-state index is 12.5. The van der Waals surface area contributed by atoms with Crippen LogP contribution in [-0.4, -0.2) is 6.18 Å². The normalized spacial score (nSPS) is 15.8. The zero-order valence-electron chi connectivity index (χ0n) is 6.04. The number of hydrogen-bond acceptors (Lipinski definition) is 1. The zero-order chi connectivity index (χ0) is 10.1. The third kappa shape index (κ3) is 1.88. The number of allylic oxidation sites excluding steroid dienone is 4. The number of hydrogen-bond donors (Lipinski definition) is 0. The van der Waals surface area contributed by atoms with Gasteiger partial charge in [-0.15, -0.1) is 0 Å². The Morgan fingerprint density at radius 2 is 1.92 bits per heavy atom. The van der Waals surface area contributed by atoms with Gasteiger partial charge >= 0.3 is 6.18 Å². The van der Waals surface area contributed by atoms with Gasteiger partial charge in [0.05, 0.1) is 5.57 Å². The van der Waals surface area contributed by atoms with Crippen molar-refractivity contribution in [2.24, 2.45) is 0 Å². The van der Waals surface area contributed by atoms with E-state index in [0.29, 0.717) is 6.08 Å². The summed E-state index contributed by atoms with van der Waals surface area (Å²) in [5, 5.41) is 8.22. The van der Waals surface area contributed by atoms with E-state index in [-0.39, 0.29) is 0 Å². The Labute approximate surface area is 70.6 Å². The van der Waals surface area contributed by atoms with Crippen LogP contribution in [0.1, 0.15) is 0 Å². The van der Waals surface area contributed by atoms with Crippen LogP contribution in [0.4, 0.5) is 17.6 Å². The van der Waals surface area contributed by atoms with Crippen molar-refractivity contribution >= 4 is 0 Å². The lowest BCUT2D eigenvalue weighted by molar-refractivity contribution is -0.0880. The lowest BCUT2D eigenvalue weighted by Crippen LogP contribution is -2.10. The van der Waals surface area contributed by atoms with Gasteiger partial charge in [0.2, 0.25) is 0 Å². The maximum Gasteiger partial charge on any atom is 0.424 e. The molecule has 0 saturated heterocycles. The monoisotopic (exact) mass is 187 g/mol. The Hall–Kier alpha value is -1.75. The minimum absolute atomic E-state index is 0.395. The van der Waals surface area contributed by atoms with E-state index in [4.69, 9.17) is 5.26 Å². The van der Waals surface area contributed by atoms with Crippen molar-refractivity contribution in [3.05, 3.63) is 34.5 Å².